The third kappa shape index (κ3) is 3.00. The number of carbonyl (C=O) groups is 1. The van der Waals surface area contributed by atoms with Gasteiger partial charge in [-0.25, -0.2) is 0 Å². The maximum atomic E-state index is 12.4. The van der Waals surface area contributed by atoms with Gasteiger partial charge in [0, 0.05) is 50.2 Å². The van der Waals surface area contributed by atoms with E-state index >= 15 is 0 Å². The van der Waals surface area contributed by atoms with Crippen molar-refractivity contribution in [3.8, 4) is 0 Å². The van der Waals surface area contributed by atoms with Crippen LogP contribution in [0.2, 0.25) is 0 Å². The fraction of sp³-hybridized carbons (Fsp3) is 0.471. The fourth-order valence-electron chi connectivity index (χ4n) is 2.94. The van der Waals surface area contributed by atoms with Crippen LogP contribution in [0.25, 0.3) is 11.0 Å². The van der Waals surface area contributed by atoms with Crippen molar-refractivity contribution in [1.82, 2.24) is 15.5 Å². The van der Waals surface area contributed by atoms with Crippen LogP contribution >= 0.6 is 0 Å². The Bertz CT molecular complexity index is 672. The Balaban J connectivity index is 1.64. The van der Waals surface area contributed by atoms with Gasteiger partial charge in [0.15, 0.2) is 5.76 Å². The van der Waals surface area contributed by atoms with Gasteiger partial charge in [0.25, 0.3) is 5.91 Å². The predicted molar refractivity (Wildman–Crippen MR) is 87.3 cm³/mol. The van der Waals surface area contributed by atoms with Crippen molar-refractivity contribution in [3.05, 3.63) is 35.1 Å². The summed E-state index contributed by atoms with van der Waals surface area (Å²) in [6.45, 7) is 9.59. The first-order chi connectivity index (χ1) is 10.7. The van der Waals surface area contributed by atoms with E-state index in [1.807, 2.05) is 32.0 Å². The minimum Gasteiger partial charge on any atom is -0.450 e. The molecule has 0 aliphatic carbocycles. The summed E-state index contributed by atoms with van der Waals surface area (Å²) in [5, 5.41) is 7.32. The Morgan fingerprint density at radius 2 is 2.09 bits per heavy atom. The molecule has 1 saturated heterocycles. The molecule has 0 unspecified atom stereocenters. The SMILES string of the molecule is Cc1c(C(=O)NCCN2CCNCC2)oc2c(C)cccc12. The minimum atomic E-state index is -0.122. The topological polar surface area (TPSA) is 57.5 Å². The summed E-state index contributed by atoms with van der Waals surface area (Å²) in [4.78, 5) is 14.7. The fourth-order valence-corrected chi connectivity index (χ4v) is 2.94. The maximum Gasteiger partial charge on any atom is 0.287 e. The molecule has 1 aliphatic rings. The molecule has 1 fully saturated rings. The van der Waals surface area contributed by atoms with Crippen molar-refractivity contribution in [2.75, 3.05) is 39.3 Å². The van der Waals surface area contributed by atoms with Crippen molar-refractivity contribution in [1.29, 1.82) is 0 Å². The lowest BCUT2D eigenvalue weighted by molar-refractivity contribution is 0.0921. The van der Waals surface area contributed by atoms with Crippen LogP contribution in [0.4, 0.5) is 0 Å². The number of para-hydroxylation sites is 1. The number of carbonyl (C=O) groups excluding carboxylic acids is 1. The van der Waals surface area contributed by atoms with Gasteiger partial charge in [-0.3, -0.25) is 9.69 Å². The molecule has 3 rings (SSSR count). The van der Waals surface area contributed by atoms with E-state index in [4.69, 9.17) is 4.42 Å². The van der Waals surface area contributed by atoms with Gasteiger partial charge in [-0.15, -0.1) is 0 Å². The van der Waals surface area contributed by atoms with Crippen LogP contribution in [0.3, 0.4) is 0 Å². The highest BCUT2D eigenvalue weighted by molar-refractivity contribution is 5.99. The zero-order valence-electron chi connectivity index (χ0n) is 13.2. The zero-order chi connectivity index (χ0) is 15.5. The molecule has 2 aromatic rings. The number of hydrogen-bond acceptors (Lipinski definition) is 4. The van der Waals surface area contributed by atoms with Crippen molar-refractivity contribution >= 4 is 16.9 Å². The monoisotopic (exact) mass is 301 g/mol. The first kappa shape index (κ1) is 15.1. The second-order valence-electron chi connectivity index (χ2n) is 5.86. The maximum absolute atomic E-state index is 12.4. The number of furan rings is 1. The van der Waals surface area contributed by atoms with Gasteiger partial charge in [-0.1, -0.05) is 18.2 Å². The molecule has 5 heteroatoms. The molecule has 1 aromatic heterocycles. The number of benzene rings is 1. The number of rotatable bonds is 4. The van der Waals surface area contributed by atoms with Crippen LogP contribution in [0.15, 0.2) is 22.6 Å². The summed E-state index contributed by atoms with van der Waals surface area (Å²) in [6, 6.07) is 5.99. The Morgan fingerprint density at radius 1 is 1.32 bits per heavy atom. The average Bonchev–Trinajstić information content (AvgIpc) is 2.87. The second kappa shape index (κ2) is 6.50. The summed E-state index contributed by atoms with van der Waals surface area (Å²) in [5.41, 5.74) is 2.78. The van der Waals surface area contributed by atoms with Crippen molar-refractivity contribution in [2.45, 2.75) is 13.8 Å². The molecule has 1 aromatic carbocycles. The number of fused-ring (bicyclic) bond motifs is 1. The van der Waals surface area contributed by atoms with E-state index in [-0.39, 0.29) is 5.91 Å². The Morgan fingerprint density at radius 3 is 2.82 bits per heavy atom. The Hall–Kier alpha value is -1.85. The van der Waals surface area contributed by atoms with Crippen LogP contribution in [0, 0.1) is 13.8 Å². The first-order valence-corrected chi connectivity index (χ1v) is 7.87. The highest BCUT2D eigenvalue weighted by atomic mass is 16.3. The first-order valence-electron chi connectivity index (χ1n) is 7.87. The number of nitrogens with zero attached hydrogens (tertiary/aromatic N) is 1. The zero-order valence-corrected chi connectivity index (χ0v) is 13.2. The lowest BCUT2D eigenvalue weighted by Crippen LogP contribution is -2.46. The lowest BCUT2D eigenvalue weighted by atomic mass is 10.1. The number of nitrogens with one attached hydrogen (secondary N) is 2. The van der Waals surface area contributed by atoms with Crippen LogP contribution < -0.4 is 10.6 Å². The standard InChI is InChI=1S/C17H23N3O2/c1-12-4-3-5-14-13(2)16(22-15(12)14)17(21)19-8-11-20-9-6-18-7-10-20/h3-5,18H,6-11H2,1-2H3,(H,19,21). The van der Waals surface area contributed by atoms with E-state index in [0.717, 1.165) is 54.8 Å². The largest absolute Gasteiger partial charge is 0.450 e. The number of hydrogen-bond donors (Lipinski definition) is 2. The third-order valence-electron chi connectivity index (χ3n) is 4.29. The third-order valence-corrected chi connectivity index (χ3v) is 4.29. The number of aryl methyl sites for hydroxylation is 2. The normalized spacial score (nSPS) is 16.1. The van der Waals surface area contributed by atoms with Crippen LogP contribution in [-0.4, -0.2) is 50.1 Å². The van der Waals surface area contributed by atoms with Crippen LogP contribution in [0.5, 0.6) is 0 Å². The molecule has 0 saturated carbocycles. The van der Waals surface area contributed by atoms with E-state index in [1.54, 1.807) is 0 Å². The van der Waals surface area contributed by atoms with Crippen molar-refractivity contribution in [3.63, 3.8) is 0 Å². The van der Waals surface area contributed by atoms with Crippen molar-refractivity contribution < 1.29 is 9.21 Å². The number of piperazine rings is 1. The molecule has 0 radical (unpaired) electrons. The van der Waals surface area contributed by atoms with E-state index < -0.39 is 0 Å². The second-order valence-corrected chi connectivity index (χ2v) is 5.86. The van der Waals surface area contributed by atoms with E-state index in [1.165, 1.54) is 0 Å². The summed E-state index contributed by atoms with van der Waals surface area (Å²) < 4.78 is 5.80. The summed E-state index contributed by atoms with van der Waals surface area (Å²) in [5.74, 6) is 0.313. The Kier molecular flexibility index (Phi) is 4.45. The quantitative estimate of drug-likeness (QED) is 0.902. The van der Waals surface area contributed by atoms with Gasteiger partial charge in [0.05, 0.1) is 0 Å². The van der Waals surface area contributed by atoms with Crippen LogP contribution in [0.1, 0.15) is 21.7 Å². The molecule has 0 atom stereocenters. The van der Waals surface area contributed by atoms with Gasteiger partial charge in [0.1, 0.15) is 5.58 Å². The van der Waals surface area contributed by atoms with Gasteiger partial charge < -0.3 is 15.1 Å². The predicted octanol–water partition coefficient (Wildman–Crippen LogP) is 1.68. The van der Waals surface area contributed by atoms with Gasteiger partial charge >= 0.3 is 0 Å². The van der Waals surface area contributed by atoms with E-state index in [2.05, 4.69) is 15.5 Å². The molecule has 5 nitrogen and oxygen atoms in total. The highest BCUT2D eigenvalue weighted by Crippen LogP contribution is 2.27. The number of amides is 1. The van der Waals surface area contributed by atoms with E-state index in [9.17, 15) is 4.79 Å². The molecule has 1 aliphatic heterocycles. The lowest BCUT2D eigenvalue weighted by Gasteiger charge is -2.26. The summed E-state index contributed by atoms with van der Waals surface area (Å²) in [6.07, 6.45) is 0. The molecule has 1 amide bonds. The van der Waals surface area contributed by atoms with Gasteiger partial charge in [-0.2, -0.15) is 0 Å². The summed E-state index contributed by atoms with van der Waals surface area (Å²) >= 11 is 0. The van der Waals surface area contributed by atoms with Crippen LogP contribution in [-0.2, 0) is 0 Å². The average molecular weight is 301 g/mol. The molecule has 2 N–H and O–H groups in total. The van der Waals surface area contributed by atoms with Gasteiger partial charge in [-0.05, 0) is 19.4 Å². The van der Waals surface area contributed by atoms with Gasteiger partial charge in [0.2, 0.25) is 0 Å². The molecule has 22 heavy (non-hydrogen) atoms. The Labute approximate surface area is 130 Å². The molecule has 0 bridgehead atoms. The highest BCUT2D eigenvalue weighted by Gasteiger charge is 2.18. The van der Waals surface area contributed by atoms with E-state index in [0.29, 0.717) is 12.3 Å². The smallest absolute Gasteiger partial charge is 0.287 e. The summed E-state index contributed by atoms with van der Waals surface area (Å²) in [7, 11) is 0. The molecular formula is C17H23N3O2. The molecule has 118 valence electrons. The molecular weight excluding hydrogens is 278 g/mol. The minimum absolute atomic E-state index is 0.122. The van der Waals surface area contributed by atoms with Crippen molar-refractivity contribution in [2.24, 2.45) is 0 Å². The molecule has 2 heterocycles. The molecule has 0 spiro atoms.